The predicted molar refractivity (Wildman–Crippen MR) is 54.1 cm³/mol. The topological polar surface area (TPSA) is 82.9 Å². The van der Waals surface area contributed by atoms with E-state index in [1.54, 1.807) is 13.8 Å². The number of hydrogen-bond donors (Lipinski definition) is 2. The highest BCUT2D eigenvalue weighted by atomic mass is 16.2. The summed E-state index contributed by atoms with van der Waals surface area (Å²) < 4.78 is 0. The van der Waals surface area contributed by atoms with E-state index in [-0.39, 0.29) is 23.7 Å². The van der Waals surface area contributed by atoms with Gasteiger partial charge in [-0.2, -0.15) is 10.2 Å². The maximum atomic E-state index is 11.4. The summed E-state index contributed by atoms with van der Waals surface area (Å²) in [7, 11) is 0. The van der Waals surface area contributed by atoms with Gasteiger partial charge < -0.3 is 0 Å². The van der Waals surface area contributed by atoms with Crippen molar-refractivity contribution >= 4 is 23.2 Å². The molecule has 0 unspecified atom stereocenters. The molecule has 0 saturated heterocycles. The molecule has 0 aromatic carbocycles. The Balaban J connectivity index is 2.09. The lowest BCUT2D eigenvalue weighted by molar-refractivity contribution is -0.124. The summed E-state index contributed by atoms with van der Waals surface area (Å²) in [5.74, 6) is -0.881. The van der Waals surface area contributed by atoms with Crippen molar-refractivity contribution < 1.29 is 9.59 Å². The molecule has 2 aliphatic rings. The normalized spacial score (nSPS) is 29.7. The Morgan fingerprint density at radius 1 is 1.00 bits per heavy atom. The summed E-state index contributed by atoms with van der Waals surface area (Å²) in [5.41, 5.74) is 6.26. The fourth-order valence-electron chi connectivity index (χ4n) is 1.77. The van der Waals surface area contributed by atoms with Gasteiger partial charge in [-0.25, -0.2) is 10.9 Å². The fraction of sp³-hybridized carbons (Fsp3) is 0.556. The molecule has 0 aromatic rings. The highest BCUT2D eigenvalue weighted by Gasteiger charge is 2.35. The number of rotatable bonds is 2. The van der Waals surface area contributed by atoms with E-state index in [1.807, 2.05) is 0 Å². The van der Waals surface area contributed by atoms with Crippen molar-refractivity contribution in [1.82, 2.24) is 10.9 Å². The van der Waals surface area contributed by atoms with Gasteiger partial charge in [0.1, 0.15) is 0 Å². The third-order valence-corrected chi connectivity index (χ3v) is 2.80. The summed E-state index contributed by atoms with van der Waals surface area (Å²) in [4.78, 5) is 22.8. The van der Waals surface area contributed by atoms with E-state index in [2.05, 4.69) is 21.1 Å². The molecule has 80 valence electrons. The molecule has 2 amide bonds. The van der Waals surface area contributed by atoms with E-state index < -0.39 is 0 Å². The van der Waals surface area contributed by atoms with Crippen molar-refractivity contribution in [3.63, 3.8) is 0 Å². The lowest BCUT2D eigenvalue weighted by Gasteiger charge is -2.11. The van der Waals surface area contributed by atoms with E-state index in [1.165, 1.54) is 0 Å². The van der Waals surface area contributed by atoms with Crippen LogP contribution in [0.15, 0.2) is 10.2 Å². The van der Waals surface area contributed by atoms with Crippen LogP contribution in [0.25, 0.3) is 0 Å². The van der Waals surface area contributed by atoms with Crippen LogP contribution in [-0.4, -0.2) is 23.2 Å². The van der Waals surface area contributed by atoms with Crippen molar-refractivity contribution in [2.45, 2.75) is 20.3 Å². The summed E-state index contributed by atoms with van der Waals surface area (Å²) >= 11 is 0. The molecule has 0 spiro atoms. The first-order valence-electron chi connectivity index (χ1n) is 4.77. The number of nitrogens with one attached hydrogen (secondary N) is 2. The Bertz CT molecular complexity index is 350. The minimum absolute atomic E-state index is 0.139. The Morgan fingerprint density at radius 2 is 1.40 bits per heavy atom. The molecule has 2 N–H and O–H groups in total. The maximum absolute atomic E-state index is 11.4. The minimum Gasteiger partial charge on any atom is -0.272 e. The van der Waals surface area contributed by atoms with E-state index in [9.17, 15) is 9.59 Å². The van der Waals surface area contributed by atoms with Gasteiger partial charge in [0, 0.05) is 11.4 Å². The molecule has 0 fully saturated rings. The van der Waals surface area contributed by atoms with Gasteiger partial charge in [-0.05, 0) is 20.3 Å². The molecule has 0 bridgehead atoms. The minimum atomic E-state index is -0.302. The number of carbonyl (C=O) groups excluding carboxylic acids is 2. The quantitative estimate of drug-likeness (QED) is 0.648. The zero-order valence-corrected chi connectivity index (χ0v) is 8.57. The fourth-order valence-corrected chi connectivity index (χ4v) is 1.77. The first-order chi connectivity index (χ1) is 7.09. The second-order valence-electron chi connectivity index (χ2n) is 3.80. The Morgan fingerprint density at radius 3 is 1.67 bits per heavy atom. The standard InChI is InChI=1S/C9H12N4O2/c1-4-6(8(14)12-10-4)3-7-5(2)11-13-9(7)15/h6-7H,3H2,1-2H3,(H,12,14)(H,13,15)/t6-,7-/m1/s1. The van der Waals surface area contributed by atoms with Gasteiger partial charge in [-0.3, -0.25) is 9.59 Å². The Labute approximate surface area is 86.8 Å². The molecule has 0 saturated carbocycles. The monoisotopic (exact) mass is 208 g/mol. The van der Waals surface area contributed by atoms with Crippen LogP contribution < -0.4 is 10.9 Å². The van der Waals surface area contributed by atoms with Crippen molar-refractivity contribution in [3.8, 4) is 0 Å². The smallest absolute Gasteiger partial charge is 0.248 e. The number of amides is 2. The van der Waals surface area contributed by atoms with Crippen molar-refractivity contribution in [2.75, 3.05) is 0 Å². The molecule has 0 aliphatic carbocycles. The number of nitrogens with zero attached hydrogens (tertiary/aromatic N) is 2. The van der Waals surface area contributed by atoms with E-state index >= 15 is 0 Å². The number of hydrazone groups is 2. The first kappa shape index (κ1) is 9.82. The van der Waals surface area contributed by atoms with E-state index in [0.29, 0.717) is 6.42 Å². The molecule has 2 heterocycles. The van der Waals surface area contributed by atoms with Crippen LogP contribution in [0.4, 0.5) is 0 Å². The summed E-state index contributed by atoms with van der Waals surface area (Å²) in [6.07, 6.45) is 0.447. The summed E-state index contributed by atoms with van der Waals surface area (Å²) in [6, 6.07) is 0. The second kappa shape index (κ2) is 3.45. The van der Waals surface area contributed by atoms with Crippen molar-refractivity contribution in [3.05, 3.63) is 0 Å². The van der Waals surface area contributed by atoms with Crippen LogP contribution in [0.5, 0.6) is 0 Å². The van der Waals surface area contributed by atoms with Crippen molar-refractivity contribution in [2.24, 2.45) is 22.0 Å². The van der Waals surface area contributed by atoms with Gasteiger partial charge in [0.05, 0.1) is 11.8 Å². The van der Waals surface area contributed by atoms with Crippen molar-refractivity contribution in [1.29, 1.82) is 0 Å². The van der Waals surface area contributed by atoms with E-state index in [0.717, 1.165) is 11.4 Å². The van der Waals surface area contributed by atoms with Gasteiger partial charge in [0.2, 0.25) is 11.8 Å². The molecule has 0 aromatic heterocycles. The number of hydrogen-bond acceptors (Lipinski definition) is 4. The second-order valence-corrected chi connectivity index (χ2v) is 3.80. The average molecular weight is 208 g/mol. The van der Waals surface area contributed by atoms with Gasteiger partial charge in [0.15, 0.2) is 0 Å². The van der Waals surface area contributed by atoms with Crippen LogP contribution >= 0.6 is 0 Å². The lowest BCUT2D eigenvalue weighted by atomic mass is 9.89. The van der Waals surface area contributed by atoms with Crippen LogP contribution in [0, 0.1) is 11.8 Å². The van der Waals surface area contributed by atoms with Crippen LogP contribution in [-0.2, 0) is 9.59 Å². The van der Waals surface area contributed by atoms with E-state index in [4.69, 9.17) is 0 Å². The Hall–Kier alpha value is -1.72. The molecular formula is C9H12N4O2. The van der Waals surface area contributed by atoms with Gasteiger partial charge >= 0.3 is 0 Å². The summed E-state index contributed by atoms with van der Waals surface area (Å²) in [5, 5.41) is 7.67. The largest absolute Gasteiger partial charge is 0.272 e. The number of carbonyl (C=O) groups is 2. The third kappa shape index (κ3) is 1.62. The SMILES string of the molecule is CC1=NNC(=O)[C@@H]1C[C@H]1C(=O)NN=C1C. The summed E-state index contributed by atoms with van der Waals surface area (Å²) in [6.45, 7) is 3.56. The van der Waals surface area contributed by atoms with Gasteiger partial charge in [0.25, 0.3) is 0 Å². The highest BCUT2D eigenvalue weighted by molar-refractivity contribution is 6.10. The molecule has 2 atom stereocenters. The van der Waals surface area contributed by atoms with Crippen LogP contribution in [0.3, 0.4) is 0 Å². The van der Waals surface area contributed by atoms with Gasteiger partial charge in [-0.1, -0.05) is 0 Å². The van der Waals surface area contributed by atoms with Gasteiger partial charge in [-0.15, -0.1) is 0 Å². The molecule has 0 radical (unpaired) electrons. The molecular weight excluding hydrogens is 196 g/mol. The molecule has 6 nitrogen and oxygen atoms in total. The average Bonchev–Trinajstić information content (AvgIpc) is 2.67. The van der Waals surface area contributed by atoms with Crippen LogP contribution in [0.1, 0.15) is 20.3 Å². The third-order valence-electron chi connectivity index (χ3n) is 2.80. The molecule has 2 aliphatic heterocycles. The zero-order chi connectivity index (χ0) is 11.0. The Kier molecular flexibility index (Phi) is 2.26. The lowest BCUT2D eigenvalue weighted by Crippen LogP contribution is -2.30. The molecule has 2 rings (SSSR count). The zero-order valence-electron chi connectivity index (χ0n) is 8.57. The molecule has 15 heavy (non-hydrogen) atoms. The highest BCUT2D eigenvalue weighted by Crippen LogP contribution is 2.21. The molecule has 6 heteroatoms. The van der Waals surface area contributed by atoms with Crippen LogP contribution in [0.2, 0.25) is 0 Å². The predicted octanol–water partition coefficient (Wildman–Crippen LogP) is -0.380. The maximum Gasteiger partial charge on any atom is 0.248 e. The first-order valence-corrected chi connectivity index (χ1v) is 4.77.